The van der Waals surface area contributed by atoms with Gasteiger partial charge in [0.25, 0.3) is 0 Å². The van der Waals surface area contributed by atoms with Gasteiger partial charge < -0.3 is 20.3 Å². The molecule has 0 aromatic rings. The van der Waals surface area contributed by atoms with Crippen molar-refractivity contribution < 1.29 is 24.5 Å². The highest BCUT2D eigenvalue weighted by Gasteiger charge is 2.20. The summed E-state index contributed by atoms with van der Waals surface area (Å²) in [7, 11) is 0. The molecule has 1 amide bonds. The van der Waals surface area contributed by atoms with Crippen LogP contribution in [-0.4, -0.2) is 47.4 Å². The third-order valence-electron chi connectivity index (χ3n) is 13.5. The van der Waals surface area contributed by atoms with Crippen LogP contribution in [0.2, 0.25) is 0 Å². The summed E-state index contributed by atoms with van der Waals surface area (Å²) in [5, 5.41) is 23.3. The van der Waals surface area contributed by atoms with E-state index in [1.165, 1.54) is 225 Å². The number of hydrogen-bond acceptors (Lipinski definition) is 5. The quantitative estimate of drug-likeness (QED) is 0.0321. The van der Waals surface area contributed by atoms with Gasteiger partial charge in [0, 0.05) is 12.8 Å². The highest BCUT2D eigenvalue weighted by Crippen LogP contribution is 2.17. The molecule has 0 bridgehead atoms. The van der Waals surface area contributed by atoms with Crippen LogP contribution in [0.3, 0.4) is 0 Å². The van der Waals surface area contributed by atoms with Crippen LogP contribution in [0.4, 0.5) is 0 Å². The van der Waals surface area contributed by atoms with Crippen molar-refractivity contribution in [2.24, 2.45) is 0 Å². The molecule has 0 saturated heterocycles. The summed E-state index contributed by atoms with van der Waals surface area (Å²) < 4.78 is 5.48. The molecule has 6 heteroatoms. The van der Waals surface area contributed by atoms with Crippen LogP contribution in [0.25, 0.3) is 0 Å². The lowest BCUT2D eigenvalue weighted by atomic mass is 10.0. The Labute approximate surface area is 405 Å². The van der Waals surface area contributed by atoms with E-state index in [-0.39, 0.29) is 18.5 Å². The maximum absolute atomic E-state index is 12.5. The third-order valence-corrected chi connectivity index (χ3v) is 13.5. The molecule has 384 valence electrons. The lowest BCUT2D eigenvalue weighted by molar-refractivity contribution is -0.143. The van der Waals surface area contributed by atoms with Gasteiger partial charge in [0.2, 0.25) is 5.91 Å². The van der Waals surface area contributed by atoms with Gasteiger partial charge in [-0.05, 0) is 57.8 Å². The minimum atomic E-state index is -0.673. The molecule has 0 aliphatic carbocycles. The fourth-order valence-electron chi connectivity index (χ4n) is 9.02. The van der Waals surface area contributed by atoms with Crippen molar-refractivity contribution >= 4 is 11.9 Å². The Hall–Kier alpha value is -1.66. The molecule has 0 radical (unpaired) electrons. The molecule has 65 heavy (non-hydrogen) atoms. The molecule has 0 aliphatic heterocycles. The van der Waals surface area contributed by atoms with Gasteiger partial charge in [-0.1, -0.05) is 269 Å². The normalized spacial score (nSPS) is 12.7. The average Bonchev–Trinajstić information content (AvgIpc) is 3.31. The molecule has 6 nitrogen and oxygen atoms in total. The van der Waals surface area contributed by atoms with E-state index in [0.29, 0.717) is 25.9 Å². The second-order valence-electron chi connectivity index (χ2n) is 20.0. The smallest absolute Gasteiger partial charge is 0.305 e. The van der Waals surface area contributed by atoms with Crippen molar-refractivity contribution in [2.75, 3.05) is 13.2 Å². The molecule has 0 aromatic heterocycles. The first kappa shape index (κ1) is 63.3. The van der Waals surface area contributed by atoms with Gasteiger partial charge in [0.05, 0.1) is 25.4 Å². The topological polar surface area (TPSA) is 95.9 Å². The Balaban J connectivity index is 3.43. The lowest BCUT2D eigenvalue weighted by Gasteiger charge is -2.22. The van der Waals surface area contributed by atoms with Crippen molar-refractivity contribution in [1.82, 2.24) is 5.32 Å². The van der Waals surface area contributed by atoms with E-state index in [1.54, 1.807) is 0 Å². The second kappa shape index (κ2) is 54.9. The van der Waals surface area contributed by atoms with Crippen molar-refractivity contribution in [3.8, 4) is 0 Å². The number of rotatable bonds is 54. The van der Waals surface area contributed by atoms with Gasteiger partial charge in [0.1, 0.15) is 0 Å². The van der Waals surface area contributed by atoms with Crippen LogP contribution >= 0.6 is 0 Å². The fourth-order valence-corrected chi connectivity index (χ4v) is 9.02. The number of allylic oxidation sites excluding steroid dienone is 4. The number of aliphatic hydroxyl groups is 2. The number of carbonyl (C=O) groups is 2. The minimum Gasteiger partial charge on any atom is -0.466 e. The van der Waals surface area contributed by atoms with Crippen molar-refractivity contribution in [3.63, 3.8) is 0 Å². The fraction of sp³-hybridized carbons (Fsp3) is 0.898. The average molecular weight is 917 g/mol. The van der Waals surface area contributed by atoms with Crippen LogP contribution in [0.5, 0.6) is 0 Å². The number of amides is 1. The number of hydrogen-bond donors (Lipinski definition) is 3. The molecule has 0 heterocycles. The van der Waals surface area contributed by atoms with Crippen LogP contribution in [0.1, 0.15) is 316 Å². The van der Waals surface area contributed by atoms with E-state index in [0.717, 1.165) is 57.8 Å². The van der Waals surface area contributed by atoms with Gasteiger partial charge in [-0.2, -0.15) is 0 Å². The summed E-state index contributed by atoms with van der Waals surface area (Å²) >= 11 is 0. The number of carbonyl (C=O) groups excluding carboxylic acids is 2. The lowest BCUT2D eigenvalue weighted by Crippen LogP contribution is -2.45. The van der Waals surface area contributed by atoms with E-state index in [1.807, 2.05) is 0 Å². The first-order valence-electron chi connectivity index (χ1n) is 29.1. The molecule has 2 atom stereocenters. The van der Waals surface area contributed by atoms with Crippen molar-refractivity contribution in [2.45, 2.75) is 328 Å². The third kappa shape index (κ3) is 51.6. The number of aliphatic hydroxyl groups excluding tert-OH is 2. The molecule has 3 N–H and O–H groups in total. The maximum atomic E-state index is 12.5. The van der Waals surface area contributed by atoms with Gasteiger partial charge in [-0.3, -0.25) is 9.59 Å². The van der Waals surface area contributed by atoms with E-state index in [9.17, 15) is 19.8 Å². The SMILES string of the molecule is CCCCC/C=C\C/C=C\CCCCCCCCCCCC(=O)OCCCCCCCCCCCCCCCC(=O)NC(CO)C(O)CCCCCCCCCCCCCCCCCC. The van der Waals surface area contributed by atoms with Crippen LogP contribution < -0.4 is 5.32 Å². The monoisotopic (exact) mass is 916 g/mol. The van der Waals surface area contributed by atoms with Crippen molar-refractivity contribution in [1.29, 1.82) is 0 Å². The number of nitrogens with one attached hydrogen (secondary N) is 1. The van der Waals surface area contributed by atoms with E-state index in [2.05, 4.69) is 43.5 Å². The molecular formula is C59H113NO5. The van der Waals surface area contributed by atoms with Gasteiger partial charge >= 0.3 is 5.97 Å². The summed E-state index contributed by atoms with van der Waals surface area (Å²) in [6.45, 7) is 4.92. The molecule has 0 spiro atoms. The van der Waals surface area contributed by atoms with E-state index < -0.39 is 12.1 Å². The van der Waals surface area contributed by atoms with E-state index in [4.69, 9.17) is 4.74 Å². The maximum Gasteiger partial charge on any atom is 0.305 e. The zero-order chi connectivity index (χ0) is 47.2. The van der Waals surface area contributed by atoms with Crippen LogP contribution in [0.15, 0.2) is 24.3 Å². The summed E-state index contributed by atoms with van der Waals surface area (Å²) in [6.07, 6.45) is 65.9. The zero-order valence-electron chi connectivity index (χ0n) is 43.7. The summed E-state index contributed by atoms with van der Waals surface area (Å²) in [4.78, 5) is 24.6. The predicted molar refractivity (Wildman–Crippen MR) is 283 cm³/mol. The summed E-state index contributed by atoms with van der Waals surface area (Å²) in [5.41, 5.74) is 0. The summed E-state index contributed by atoms with van der Waals surface area (Å²) in [5.74, 6) is -0.0548. The molecule has 0 fully saturated rings. The predicted octanol–water partition coefficient (Wildman–Crippen LogP) is 17.9. The van der Waals surface area contributed by atoms with Gasteiger partial charge in [0.15, 0.2) is 0 Å². The number of esters is 1. The zero-order valence-corrected chi connectivity index (χ0v) is 43.7. The van der Waals surface area contributed by atoms with Crippen LogP contribution in [-0.2, 0) is 14.3 Å². The van der Waals surface area contributed by atoms with Crippen molar-refractivity contribution in [3.05, 3.63) is 24.3 Å². The first-order valence-corrected chi connectivity index (χ1v) is 29.1. The Morgan fingerprint density at radius 3 is 1.20 bits per heavy atom. The van der Waals surface area contributed by atoms with Gasteiger partial charge in [-0.15, -0.1) is 0 Å². The minimum absolute atomic E-state index is 0.00866. The first-order chi connectivity index (χ1) is 32.0. The molecule has 0 aromatic carbocycles. The summed E-state index contributed by atoms with van der Waals surface area (Å²) in [6, 6.07) is -0.551. The Bertz CT molecular complexity index is 1010. The van der Waals surface area contributed by atoms with Crippen LogP contribution in [0, 0.1) is 0 Å². The molecule has 0 saturated carbocycles. The number of ether oxygens (including phenoxy) is 1. The molecule has 0 aliphatic rings. The molecule has 2 unspecified atom stereocenters. The highest BCUT2D eigenvalue weighted by atomic mass is 16.5. The highest BCUT2D eigenvalue weighted by molar-refractivity contribution is 5.76. The van der Waals surface area contributed by atoms with Gasteiger partial charge in [-0.25, -0.2) is 0 Å². The molecule has 0 rings (SSSR count). The number of unbranched alkanes of at least 4 members (excludes halogenated alkanes) is 39. The standard InChI is InChI=1S/C59H113NO5/c1-3-5-7-9-11-13-15-17-19-21-22-23-25-29-33-37-41-45-49-53-59(64)65-54-50-46-42-38-34-30-26-28-32-36-40-44-48-52-58(63)60-56(55-61)57(62)51-47-43-39-35-31-27-24-20-18-16-14-12-10-8-6-4-2/h11,13,17,19,56-57,61-62H,3-10,12,14-16,18,20-55H2,1-2H3,(H,60,63)/b13-11-,19-17-. The molecular weight excluding hydrogens is 803 g/mol. The Morgan fingerprint density at radius 1 is 0.431 bits per heavy atom. The largest absolute Gasteiger partial charge is 0.466 e. The Morgan fingerprint density at radius 2 is 0.769 bits per heavy atom. The second-order valence-corrected chi connectivity index (χ2v) is 20.0. The van der Waals surface area contributed by atoms with E-state index >= 15 is 0 Å². The Kier molecular flexibility index (Phi) is 53.5.